The lowest BCUT2D eigenvalue weighted by atomic mass is 9.86. The molecule has 2 aliphatic heterocycles. The van der Waals surface area contributed by atoms with Crippen LogP contribution in [0.25, 0.3) is 10.2 Å². The fourth-order valence-electron chi connectivity index (χ4n) is 5.01. The molecule has 2 aliphatic rings. The van der Waals surface area contributed by atoms with Crippen LogP contribution < -0.4 is 15.1 Å². The molecule has 37 heavy (non-hydrogen) atoms. The van der Waals surface area contributed by atoms with E-state index in [0.717, 1.165) is 20.8 Å². The maximum absolute atomic E-state index is 13.6. The maximum atomic E-state index is 13.6. The third-order valence-electron chi connectivity index (χ3n) is 6.83. The van der Waals surface area contributed by atoms with Gasteiger partial charge in [-0.3, -0.25) is 19.7 Å². The molecule has 0 bridgehead atoms. The minimum Gasteiger partial charge on any atom is -0.465 e. The summed E-state index contributed by atoms with van der Waals surface area (Å²) in [7, 11) is 0. The van der Waals surface area contributed by atoms with Gasteiger partial charge in [0.2, 0.25) is 11.8 Å². The summed E-state index contributed by atoms with van der Waals surface area (Å²) < 4.78 is 6.90. The highest BCUT2D eigenvalue weighted by atomic mass is 32.1. The van der Waals surface area contributed by atoms with Gasteiger partial charge in [-0.2, -0.15) is 0 Å². The predicted octanol–water partition coefficient (Wildman–Crippen LogP) is 2.27. The molecule has 0 saturated carbocycles. The molecule has 2 unspecified atom stereocenters. The molecule has 0 radical (unpaired) electrons. The molecular weight excluding hydrogens is 498 g/mol. The highest BCUT2D eigenvalue weighted by molar-refractivity contribution is 7.20. The van der Waals surface area contributed by atoms with E-state index in [1.807, 2.05) is 54.6 Å². The Labute approximate surface area is 216 Å². The van der Waals surface area contributed by atoms with Crippen molar-refractivity contribution in [1.82, 2.24) is 20.3 Å². The summed E-state index contributed by atoms with van der Waals surface area (Å²) in [5.74, 6) is -2.42. The molecule has 1 aromatic heterocycles. The molecular formula is C25H27N5O6S. The number of carbonyl (C=O) groups excluding carboxylic acids is 2. The SMILES string of the molecule is O=C(NO)C1CC(Oc2nc3ccccc3s2)CN(C(=O)O)[C@@H]1C(=O)N1CCN(c2ccccc2)CC1. The monoisotopic (exact) mass is 525 g/mol. The lowest BCUT2D eigenvalue weighted by molar-refractivity contribution is -0.150. The van der Waals surface area contributed by atoms with Gasteiger partial charge in [-0.15, -0.1) is 0 Å². The number of thiazole rings is 1. The first-order valence-corrected chi connectivity index (χ1v) is 12.8. The van der Waals surface area contributed by atoms with Crippen LogP contribution in [-0.2, 0) is 9.59 Å². The summed E-state index contributed by atoms with van der Waals surface area (Å²) in [6.07, 6.45) is -2.01. The van der Waals surface area contributed by atoms with Gasteiger partial charge < -0.3 is 19.6 Å². The number of benzene rings is 2. The maximum Gasteiger partial charge on any atom is 0.408 e. The Balaban J connectivity index is 1.33. The minimum absolute atomic E-state index is 0.0481. The van der Waals surface area contributed by atoms with Crippen LogP contribution in [0.5, 0.6) is 5.19 Å². The van der Waals surface area contributed by atoms with E-state index in [1.165, 1.54) is 11.3 Å². The highest BCUT2D eigenvalue weighted by Gasteiger charge is 2.48. The van der Waals surface area contributed by atoms with Crippen molar-refractivity contribution >= 4 is 45.1 Å². The molecule has 3 aromatic rings. The van der Waals surface area contributed by atoms with Crippen LogP contribution in [0.15, 0.2) is 54.6 Å². The van der Waals surface area contributed by atoms with Crippen LogP contribution in [0, 0.1) is 5.92 Å². The van der Waals surface area contributed by atoms with E-state index in [9.17, 15) is 24.7 Å². The topological polar surface area (TPSA) is 136 Å². The van der Waals surface area contributed by atoms with Gasteiger partial charge >= 0.3 is 6.09 Å². The molecule has 0 spiro atoms. The first-order valence-electron chi connectivity index (χ1n) is 12.0. The largest absolute Gasteiger partial charge is 0.465 e. The zero-order chi connectivity index (χ0) is 25.9. The Hall–Kier alpha value is -3.90. The number of carboxylic acid groups (broad SMARTS) is 1. The zero-order valence-electron chi connectivity index (χ0n) is 19.9. The molecule has 194 valence electrons. The summed E-state index contributed by atoms with van der Waals surface area (Å²) >= 11 is 1.32. The normalized spacial score (nSPS) is 22.1. The number of likely N-dealkylation sites (tertiary alicyclic amines) is 1. The standard InChI is InChI=1S/C25H27N5O6S/c31-22(27-35)18-14-17(36-24-26-19-8-4-5-9-20(19)37-24)15-30(25(33)34)21(18)23(32)29-12-10-28(11-13-29)16-6-2-1-3-7-16/h1-9,17-18,21,35H,10-15H2,(H,27,31)(H,33,34)/t17?,18?,21-/m0/s1. The number of rotatable bonds is 5. The van der Waals surface area contributed by atoms with Gasteiger partial charge in [-0.25, -0.2) is 15.3 Å². The van der Waals surface area contributed by atoms with Crippen LogP contribution in [0.1, 0.15) is 6.42 Å². The Morgan fingerprint density at radius 2 is 1.70 bits per heavy atom. The third-order valence-corrected chi connectivity index (χ3v) is 7.76. The number of aromatic nitrogens is 1. The van der Waals surface area contributed by atoms with E-state index in [0.29, 0.717) is 31.4 Å². The molecule has 5 rings (SSSR count). The van der Waals surface area contributed by atoms with E-state index < -0.39 is 36.0 Å². The van der Waals surface area contributed by atoms with Crippen molar-refractivity contribution in [2.75, 3.05) is 37.6 Å². The molecule has 2 saturated heterocycles. The minimum atomic E-state index is -1.34. The molecule has 3 heterocycles. The molecule has 11 nitrogen and oxygen atoms in total. The van der Waals surface area contributed by atoms with E-state index in [4.69, 9.17) is 4.74 Å². The molecule has 3 amide bonds. The Kier molecular flexibility index (Phi) is 7.10. The van der Waals surface area contributed by atoms with E-state index in [2.05, 4.69) is 9.88 Å². The van der Waals surface area contributed by atoms with Crippen LogP contribution in [0.2, 0.25) is 0 Å². The summed E-state index contributed by atoms with van der Waals surface area (Å²) in [6, 6.07) is 16.0. The van der Waals surface area contributed by atoms with Crippen LogP contribution in [-0.4, -0.2) is 87.9 Å². The number of piperazine rings is 1. The van der Waals surface area contributed by atoms with Crippen molar-refractivity contribution in [3.8, 4) is 5.19 Å². The molecule has 2 fully saturated rings. The Morgan fingerprint density at radius 3 is 2.38 bits per heavy atom. The number of fused-ring (bicyclic) bond motifs is 1. The highest BCUT2D eigenvalue weighted by Crippen LogP contribution is 2.33. The summed E-state index contributed by atoms with van der Waals surface area (Å²) in [5, 5.41) is 19.8. The van der Waals surface area contributed by atoms with Crippen molar-refractivity contribution < 1.29 is 29.4 Å². The summed E-state index contributed by atoms with van der Waals surface area (Å²) in [6.45, 7) is 1.82. The van der Waals surface area contributed by atoms with Gasteiger partial charge in [0.1, 0.15) is 12.1 Å². The number of hydrogen-bond acceptors (Lipinski definition) is 8. The Bertz CT molecular complexity index is 1250. The van der Waals surface area contributed by atoms with Crippen molar-refractivity contribution in [2.24, 2.45) is 5.92 Å². The Morgan fingerprint density at radius 1 is 1.00 bits per heavy atom. The number of carbonyl (C=O) groups is 3. The smallest absolute Gasteiger partial charge is 0.408 e. The molecule has 3 N–H and O–H groups in total. The molecule has 0 aliphatic carbocycles. The number of amides is 3. The van der Waals surface area contributed by atoms with Gasteiger partial charge in [0, 0.05) is 38.3 Å². The van der Waals surface area contributed by atoms with Gasteiger partial charge in [-0.1, -0.05) is 41.7 Å². The van der Waals surface area contributed by atoms with Crippen LogP contribution in [0.4, 0.5) is 10.5 Å². The van der Waals surface area contributed by atoms with E-state index in [1.54, 1.807) is 10.4 Å². The van der Waals surface area contributed by atoms with Crippen molar-refractivity contribution in [1.29, 1.82) is 0 Å². The number of nitrogens with one attached hydrogen (secondary N) is 1. The molecule has 2 aromatic carbocycles. The fourth-order valence-corrected chi connectivity index (χ4v) is 5.89. The van der Waals surface area contributed by atoms with Crippen molar-refractivity contribution in [3.05, 3.63) is 54.6 Å². The summed E-state index contributed by atoms with van der Waals surface area (Å²) in [5.41, 5.74) is 3.41. The fraction of sp³-hybridized carbons (Fsp3) is 0.360. The first-order chi connectivity index (χ1) is 17.9. The average Bonchev–Trinajstić information content (AvgIpc) is 3.34. The van der Waals surface area contributed by atoms with Crippen LogP contribution >= 0.6 is 11.3 Å². The number of anilines is 1. The van der Waals surface area contributed by atoms with Gasteiger partial charge in [0.15, 0.2) is 0 Å². The predicted molar refractivity (Wildman–Crippen MR) is 136 cm³/mol. The number of ether oxygens (including phenoxy) is 1. The number of hydrogen-bond donors (Lipinski definition) is 3. The van der Waals surface area contributed by atoms with E-state index >= 15 is 0 Å². The number of nitrogens with zero attached hydrogens (tertiary/aromatic N) is 4. The second-order valence-electron chi connectivity index (χ2n) is 9.03. The lowest BCUT2D eigenvalue weighted by Gasteiger charge is -2.44. The molecule has 12 heteroatoms. The lowest BCUT2D eigenvalue weighted by Crippen LogP contribution is -2.64. The molecule has 3 atom stereocenters. The van der Waals surface area contributed by atoms with Crippen molar-refractivity contribution in [2.45, 2.75) is 18.6 Å². The summed E-state index contributed by atoms with van der Waals surface area (Å²) in [4.78, 5) is 47.7. The second-order valence-corrected chi connectivity index (χ2v) is 10.0. The van der Waals surface area contributed by atoms with Gasteiger partial charge in [-0.05, 0) is 24.3 Å². The quantitative estimate of drug-likeness (QED) is 0.341. The number of hydroxylamine groups is 1. The third kappa shape index (κ3) is 5.16. The average molecular weight is 526 g/mol. The van der Waals surface area contributed by atoms with E-state index in [-0.39, 0.29) is 13.0 Å². The van der Waals surface area contributed by atoms with Crippen LogP contribution in [0.3, 0.4) is 0 Å². The second kappa shape index (κ2) is 10.6. The zero-order valence-corrected chi connectivity index (χ0v) is 20.7. The van der Waals surface area contributed by atoms with Gasteiger partial charge in [0.25, 0.3) is 5.19 Å². The van der Waals surface area contributed by atoms with Gasteiger partial charge in [0.05, 0.1) is 22.7 Å². The number of piperidine rings is 1. The first kappa shape index (κ1) is 24.8. The number of para-hydroxylation sites is 2. The van der Waals surface area contributed by atoms with Crippen molar-refractivity contribution in [3.63, 3.8) is 0 Å².